The van der Waals surface area contributed by atoms with Crippen LogP contribution in [0.4, 0.5) is 0 Å². The zero-order valence-electron chi connectivity index (χ0n) is 21.4. The molecule has 1 aliphatic carbocycles. The van der Waals surface area contributed by atoms with E-state index in [0.29, 0.717) is 31.3 Å². The zero-order chi connectivity index (χ0) is 25.1. The van der Waals surface area contributed by atoms with Gasteiger partial charge in [0, 0.05) is 51.1 Å². The quantitative estimate of drug-likeness (QED) is 0.578. The van der Waals surface area contributed by atoms with Crippen LogP contribution in [-0.2, 0) is 14.4 Å². The summed E-state index contributed by atoms with van der Waals surface area (Å²) in [5.74, 6) is 1.81. The first-order chi connectivity index (χ1) is 17.5. The van der Waals surface area contributed by atoms with Crippen molar-refractivity contribution in [3.8, 4) is 5.75 Å². The third-order valence-electron chi connectivity index (χ3n) is 8.41. The van der Waals surface area contributed by atoms with Crippen LogP contribution in [0, 0.1) is 11.8 Å². The van der Waals surface area contributed by atoms with Crippen LogP contribution in [0.3, 0.4) is 0 Å². The number of benzene rings is 1. The molecule has 8 nitrogen and oxygen atoms in total. The maximum atomic E-state index is 13.6. The fourth-order valence-corrected chi connectivity index (χ4v) is 6.64. The Morgan fingerprint density at radius 1 is 1.08 bits per heavy atom. The van der Waals surface area contributed by atoms with E-state index in [1.807, 2.05) is 36.1 Å². The summed E-state index contributed by atoms with van der Waals surface area (Å²) in [5, 5.41) is 6.29. The second-order valence-corrected chi connectivity index (χ2v) is 11.0. The summed E-state index contributed by atoms with van der Waals surface area (Å²) in [7, 11) is 0. The Hall–Kier alpha value is -2.61. The lowest BCUT2D eigenvalue weighted by Crippen LogP contribution is -2.45. The predicted molar refractivity (Wildman–Crippen MR) is 136 cm³/mol. The van der Waals surface area contributed by atoms with Crippen LogP contribution in [0.1, 0.15) is 69.9 Å². The molecule has 1 saturated carbocycles. The molecule has 0 spiro atoms. The topological polar surface area (TPSA) is 91.0 Å². The number of hydrogen-bond donors (Lipinski definition) is 2. The molecule has 0 radical (unpaired) electrons. The highest BCUT2D eigenvalue weighted by molar-refractivity contribution is 5.84. The SMILES string of the molecule is CCOc1cccc(C(C(=O)NC2CCCC2)N2CC3CN(C(=O)CC4CCCC(=O)N4)CC3C2)c1. The fraction of sp³-hybridized carbons (Fsp3) is 0.679. The molecule has 0 bridgehead atoms. The summed E-state index contributed by atoms with van der Waals surface area (Å²) in [5.41, 5.74) is 0.970. The maximum absolute atomic E-state index is 13.6. The van der Waals surface area contributed by atoms with Crippen molar-refractivity contribution in [1.29, 1.82) is 0 Å². The van der Waals surface area contributed by atoms with Gasteiger partial charge in [0.15, 0.2) is 0 Å². The highest BCUT2D eigenvalue weighted by atomic mass is 16.5. The Morgan fingerprint density at radius 3 is 2.53 bits per heavy atom. The number of fused-ring (bicyclic) bond motifs is 1. The number of rotatable bonds is 8. The van der Waals surface area contributed by atoms with E-state index < -0.39 is 0 Å². The number of piperidine rings is 1. The third kappa shape index (κ3) is 5.69. The van der Waals surface area contributed by atoms with Crippen molar-refractivity contribution in [1.82, 2.24) is 20.4 Å². The number of likely N-dealkylation sites (tertiary alicyclic amines) is 2. The lowest BCUT2D eigenvalue weighted by molar-refractivity contribution is -0.132. The molecular weight excluding hydrogens is 456 g/mol. The second-order valence-electron chi connectivity index (χ2n) is 11.0. The molecule has 3 aliphatic heterocycles. The van der Waals surface area contributed by atoms with Gasteiger partial charge in [0.25, 0.3) is 0 Å². The molecule has 1 aromatic rings. The molecule has 3 heterocycles. The molecule has 0 aromatic heterocycles. The standard InChI is InChI=1S/C28H40N4O4/c1-2-36-24-11-5-7-19(13-24)27(28(35)30-22-8-3-4-9-22)32-17-20-15-31(16-21(20)18-32)26(34)14-23-10-6-12-25(33)29-23/h5,7,11,13,20-23,27H,2-4,6,8-10,12,14-18H2,1H3,(H,29,33)(H,30,35). The lowest BCUT2D eigenvalue weighted by atomic mass is 10.0. The monoisotopic (exact) mass is 496 g/mol. The van der Waals surface area contributed by atoms with Crippen LogP contribution >= 0.6 is 0 Å². The Balaban J connectivity index is 1.24. The van der Waals surface area contributed by atoms with Crippen LogP contribution in [0.5, 0.6) is 5.75 Å². The molecule has 36 heavy (non-hydrogen) atoms. The molecule has 196 valence electrons. The van der Waals surface area contributed by atoms with E-state index in [9.17, 15) is 14.4 Å². The van der Waals surface area contributed by atoms with Crippen LogP contribution in [-0.4, -0.2) is 72.4 Å². The number of nitrogens with one attached hydrogen (secondary N) is 2. The zero-order valence-corrected chi connectivity index (χ0v) is 21.4. The maximum Gasteiger partial charge on any atom is 0.242 e. The molecule has 5 rings (SSSR count). The summed E-state index contributed by atoms with van der Waals surface area (Å²) >= 11 is 0. The first-order valence-electron chi connectivity index (χ1n) is 13.8. The predicted octanol–water partition coefficient (Wildman–Crippen LogP) is 2.63. The molecular formula is C28H40N4O4. The van der Waals surface area contributed by atoms with E-state index in [2.05, 4.69) is 15.5 Å². The molecule has 4 atom stereocenters. The second kappa shape index (κ2) is 11.2. The summed E-state index contributed by atoms with van der Waals surface area (Å²) in [6.07, 6.45) is 7.17. The Morgan fingerprint density at radius 2 is 1.83 bits per heavy atom. The molecule has 4 fully saturated rings. The van der Waals surface area contributed by atoms with Gasteiger partial charge >= 0.3 is 0 Å². The van der Waals surface area contributed by atoms with Crippen LogP contribution in [0.25, 0.3) is 0 Å². The Kier molecular flexibility index (Phi) is 7.79. The van der Waals surface area contributed by atoms with Crippen molar-refractivity contribution < 1.29 is 19.1 Å². The number of ether oxygens (including phenoxy) is 1. The minimum Gasteiger partial charge on any atom is -0.494 e. The van der Waals surface area contributed by atoms with E-state index in [4.69, 9.17) is 4.74 Å². The number of hydrogen-bond acceptors (Lipinski definition) is 5. The van der Waals surface area contributed by atoms with Gasteiger partial charge in [-0.3, -0.25) is 19.3 Å². The van der Waals surface area contributed by atoms with Crippen molar-refractivity contribution in [3.63, 3.8) is 0 Å². The number of nitrogens with zero attached hydrogens (tertiary/aromatic N) is 2. The first-order valence-corrected chi connectivity index (χ1v) is 13.8. The van der Waals surface area contributed by atoms with Gasteiger partial charge < -0.3 is 20.3 Å². The number of carbonyl (C=O) groups excluding carboxylic acids is 3. The smallest absolute Gasteiger partial charge is 0.242 e. The number of amides is 3. The molecule has 2 N–H and O–H groups in total. The van der Waals surface area contributed by atoms with E-state index in [-0.39, 0.29) is 35.8 Å². The summed E-state index contributed by atoms with van der Waals surface area (Å²) in [4.78, 5) is 42.6. The average Bonchev–Trinajstić information content (AvgIpc) is 3.57. The lowest BCUT2D eigenvalue weighted by Gasteiger charge is -2.31. The van der Waals surface area contributed by atoms with Crippen molar-refractivity contribution in [3.05, 3.63) is 29.8 Å². The minimum atomic E-state index is -0.349. The van der Waals surface area contributed by atoms with Crippen molar-refractivity contribution in [2.24, 2.45) is 11.8 Å². The highest BCUT2D eigenvalue weighted by Gasteiger charge is 2.45. The van der Waals surface area contributed by atoms with Gasteiger partial charge in [-0.25, -0.2) is 0 Å². The summed E-state index contributed by atoms with van der Waals surface area (Å²) < 4.78 is 5.74. The van der Waals surface area contributed by atoms with Gasteiger partial charge in [-0.15, -0.1) is 0 Å². The number of carbonyl (C=O) groups is 3. The average molecular weight is 497 g/mol. The largest absolute Gasteiger partial charge is 0.494 e. The van der Waals surface area contributed by atoms with Gasteiger partial charge in [0.05, 0.1) is 6.61 Å². The Bertz CT molecular complexity index is 949. The summed E-state index contributed by atoms with van der Waals surface area (Å²) in [6, 6.07) is 7.84. The van der Waals surface area contributed by atoms with Crippen molar-refractivity contribution in [2.75, 3.05) is 32.8 Å². The van der Waals surface area contributed by atoms with Gasteiger partial charge in [0.1, 0.15) is 11.8 Å². The van der Waals surface area contributed by atoms with Crippen molar-refractivity contribution >= 4 is 17.7 Å². The highest BCUT2D eigenvalue weighted by Crippen LogP contribution is 2.37. The van der Waals surface area contributed by atoms with Crippen molar-refractivity contribution in [2.45, 2.75) is 76.4 Å². The normalized spacial score (nSPS) is 27.5. The van der Waals surface area contributed by atoms with E-state index in [1.165, 1.54) is 12.8 Å². The molecule has 8 heteroatoms. The molecule has 3 amide bonds. The molecule has 1 aromatic carbocycles. The van der Waals surface area contributed by atoms with E-state index in [0.717, 1.165) is 63.2 Å². The van der Waals surface area contributed by atoms with Gasteiger partial charge in [-0.2, -0.15) is 0 Å². The third-order valence-corrected chi connectivity index (χ3v) is 8.41. The van der Waals surface area contributed by atoms with Crippen LogP contribution < -0.4 is 15.4 Å². The van der Waals surface area contributed by atoms with E-state index >= 15 is 0 Å². The van der Waals surface area contributed by atoms with Crippen LogP contribution in [0.2, 0.25) is 0 Å². The van der Waals surface area contributed by atoms with Crippen LogP contribution in [0.15, 0.2) is 24.3 Å². The summed E-state index contributed by atoms with van der Waals surface area (Å²) in [6.45, 7) is 5.62. The van der Waals surface area contributed by atoms with Gasteiger partial charge in [-0.1, -0.05) is 25.0 Å². The van der Waals surface area contributed by atoms with Gasteiger partial charge in [0.2, 0.25) is 17.7 Å². The van der Waals surface area contributed by atoms with E-state index in [1.54, 1.807) is 0 Å². The molecule has 3 saturated heterocycles. The first kappa shape index (κ1) is 25.1. The van der Waals surface area contributed by atoms with Gasteiger partial charge in [-0.05, 0) is 62.1 Å². The molecule has 4 unspecified atom stereocenters. The fourth-order valence-electron chi connectivity index (χ4n) is 6.64. The Labute approximate surface area is 214 Å². The minimum absolute atomic E-state index is 0.0306. The molecule has 4 aliphatic rings.